The summed E-state index contributed by atoms with van der Waals surface area (Å²) in [6.45, 7) is 4.08. The van der Waals surface area contributed by atoms with Crippen LogP contribution in [0.4, 0.5) is 5.69 Å². The topological polar surface area (TPSA) is 84.5 Å². The summed E-state index contributed by atoms with van der Waals surface area (Å²) in [6.07, 6.45) is 0.675. The Bertz CT molecular complexity index is 1160. The second kappa shape index (κ2) is 9.66. The van der Waals surface area contributed by atoms with Crippen molar-refractivity contribution in [1.29, 1.82) is 0 Å². The van der Waals surface area contributed by atoms with Crippen LogP contribution in [-0.2, 0) is 16.4 Å². The maximum atomic E-state index is 12.7. The number of hydrogen-bond donors (Lipinski definition) is 2. The van der Waals surface area contributed by atoms with E-state index in [-0.39, 0.29) is 10.8 Å². The molecule has 0 heterocycles. The molecule has 3 aromatic rings. The Morgan fingerprint density at radius 2 is 1.61 bits per heavy atom. The molecule has 0 spiro atoms. The first-order chi connectivity index (χ1) is 14.8. The number of anilines is 1. The number of hydrogen-bond acceptors (Lipinski definition) is 4. The number of aryl methyl sites for hydroxylation is 1. The fourth-order valence-electron chi connectivity index (χ4n) is 3.12. The lowest BCUT2D eigenvalue weighted by atomic mass is 10.1. The van der Waals surface area contributed by atoms with E-state index in [1.165, 1.54) is 0 Å². The van der Waals surface area contributed by atoms with Gasteiger partial charge in [0.05, 0.1) is 17.7 Å². The average molecular weight is 439 g/mol. The number of carbonyl (C=O) groups is 1. The van der Waals surface area contributed by atoms with Gasteiger partial charge >= 0.3 is 0 Å². The normalized spacial score (nSPS) is 11.1. The molecule has 7 heteroatoms. The first kappa shape index (κ1) is 22.4. The van der Waals surface area contributed by atoms with Gasteiger partial charge in [-0.2, -0.15) is 0 Å². The molecular formula is C24H26N2O4S. The van der Waals surface area contributed by atoms with Gasteiger partial charge in [-0.1, -0.05) is 35.9 Å². The molecule has 3 aromatic carbocycles. The summed E-state index contributed by atoms with van der Waals surface area (Å²) in [5.41, 5.74) is 3.43. The summed E-state index contributed by atoms with van der Waals surface area (Å²) in [5.74, 6) is 0.538. The highest BCUT2D eigenvalue weighted by Crippen LogP contribution is 2.23. The van der Waals surface area contributed by atoms with E-state index in [2.05, 4.69) is 10.0 Å². The third kappa shape index (κ3) is 5.64. The van der Waals surface area contributed by atoms with E-state index in [0.29, 0.717) is 29.8 Å². The molecule has 2 N–H and O–H groups in total. The minimum absolute atomic E-state index is 0.173. The van der Waals surface area contributed by atoms with Gasteiger partial charge in [0.2, 0.25) is 0 Å². The van der Waals surface area contributed by atoms with Gasteiger partial charge in [0.25, 0.3) is 15.9 Å². The van der Waals surface area contributed by atoms with E-state index in [0.717, 1.165) is 16.9 Å². The van der Waals surface area contributed by atoms with Crippen LogP contribution >= 0.6 is 0 Å². The summed E-state index contributed by atoms with van der Waals surface area (Å²) in [4.78, 5) is 12.8. The minimum atomic E-state index is -3.75. The molecule has 0 aromatic heterocycles. The fourth-order valence-corrected chi connectivity index (χ4v) is 4.24. The molecule has 0 aliphatic carbocycles. The molecule has 3 rings (SSSR count). The molecule has 162 valence electrons. The Morgan fingerprint density at radius 1 is 0.935 bits per heavy atom. The molecule has 0 saturated carbocycles. The number of nitrogens with one attached hydrogen (secondary N) is 2. The molecule has 0 fully saturated rings. The van der Waals surface area contributed by atoms with Crippen molar-refractivity contribution in [2.45, 2.75) is 25.2 Å². The van der Waals surface area contributed by atoms with Crippen LogP contribution < -0.4 is 14.8 Å². The van der Waals surface area contributed by atoms with Crippen LogP contribution in [0.5, 0.6) is 5.75 Å². The largest absolute Gasteiger partial charge is 0.497 e. The SMILES string of the molecule is COc1ccc(CCNC(=O)c2cccc(NS(=O)(=O)c3ccc(C)cc3)c2C)cc1. The summed E-state index contributed by atoms with van der Waals surface area (Å²) in [7, 11) is -2.13. The zero-order chi connectivity index (χ0) is 22.4. The number of rotatable bonds is 8. The van der Waals surface area contributed by atoms with Crippen molar-refractivity contribution in [3.63, 3.8) is 0 Å². The van der Waals surface area contributed by atoms with Crippen molar-refractivity contribution >= 4 is 21.6 Å². The van der Waals surface area contributed by atoms with Gasteiger partial charge in [0, 0.05) is 12.1 Å². The van der Waals surface area contributed by atoms with Crippen molar-refractivity contribution in [3.05, 3.63) is 89.0 Å². The zero-order valence-corrected chi connectivity index (χ0v) is 18.6. The van der Waals surface area contributed by atoms with Crippen molar-refractivity contribution in [2.24, 2.45) is 0 Å². The summed E-state index contributed by atoms with van der Waals surface area (Å²) in [6, 6.07) is 19.3. The number of benzene rings is 3. The van der Waals surface area contributed by atoms with Crippen LogP contribution in [0.3, 0.4) is 0 Å². The lowest BCUT2D eigenvalue weighted by Crippen LogP contribution is -2.26. The summed E-state index contributed by atoms with van der Waals surface area (Å²) >= 11 is 0. The molecule has 0 aliphatic rings. The Kier molecular flexibility index (Phi) is 6.97. The molecule has 0 aliphatic heterocycles. The number of carbonyl (C=O) groups excluding carboxylic acids is 1. The highest BCUT2D eigenvalue weighted by atomic mass is 32.2. The van der Waals surface area contributed by atoms with Crippen LogP contribution in [0.2, 0.25) is 0 Å². The van der Waals surface area contributed by atoms with Crippen LogP contribution in [-0.4, -0.2) is 28.0 Å². The molecular weight excluding hydrogens is 412 g/mol. The Morgan fingerprint density at radius 3 is 2.26 bits per heavy atom. The molecule has 1 amide bonds. The predicted octanol–water partition coefficient (Wildman–Crippen LogP) is 4.09. The minimum Gasteiger partial charge on any atom is -0.497 e. The molecule has 0 atom stereocenters. The third-order valence-corrected chi connectivity index (χ3v) is 6.39. The molecule has 0 saturated heterocycles. The number of sulfonamides is 1. The highest BCUT2D eigenvalue weighted by Gasteiger charge is 2.18. The predicted molar refractivity (Wildman–Crippen MR) is 122 cm³/mol. The second-order valence-corrected chi connectivity index (χ2v) is 8.93. The lowest BCUT2D eigenvalue weighted by Gasteiger charge is -2.14. The van der Waals surface area contributed by atoms with Gasteiger partial charge in [0.15, 0.2) is 0 Å². The van der Waals surface area contributed by atoms with E-state index in [4.69, 9.17) is 4.74 Å². The van der Waals surface area contributed by atoms with Crippen LogP contribution in [0.15, 0.2) is 71.6 Å². The summed E-state index contributed by atoms with van der Waals surface area (Å²) < 4.78 is 33.1. The maximum absolute atomic E-state index is 12.7. The van der Waals surface area contributed by atoms with Crippen molar-refractivity contribution < 1.29 is 17.9 Å². The number of methoxy groups -OCH3 is 1. The Hall–Kier alpha value is -3.32. The quantitative estimate of drug-likeness (QED) is 0.555. The van der Waals surface area contributed by atoms with Crippen molar-refractivity contribution in [1.82, 2.24) is 5.32 Å². The second-order valence-electron chi connectivity index (χ2n) is 7.25. The number of amides is 1. The van der Waals surface area contributed by atoms with Gasteiger partial charge in [0.1, 0.15) is 5.75 Å². The van der Waals surface area contributed by atoms with Gasteiger partial charge in [-0.15, -0.1) is 0 Å². The smallest absolute Gasteiger partial charge is 0.261 e. The van der Waals surface area contributed by atoms with E-state index in [1.54, 1.807) is 56.5 Å². The molecule has 0 bridgehead atoms. The van der Waals surface area contributed by atoms with E-state index in [1.807, 2.05) is 31.2 Å². The first-order valence-electron chi connectivity index (χ1n) is 9.90. The third-order valence-electron chi connectivity index (χ3n) is 5.01. The van der Waals surface area contributed by atoms with Gasteiger partial charge < -0.3 is 10.1 Å². The van der Waals surface area contributed by atoms with Crippen molar-refractivity contribution in [3.8, 4) is 5.75 Å². The van der Waals surface area contributed by atoms with E-state index >= 15 is 0 Å². The van der Waals surface area contributed by atoms with Crippen LogP contribution in [0.25, 0.3) is 0 Å². The van der Waals surface area contributed by atoms with E-state index in [9.17, 15) is 13.2 Å². The van der Waals surface area contributed by atoms with Gasteiger partial charge in [-0.05, 0) is 67.8 Å². The Labute approximate surface area is 183 Å². The van der Waals surface area contributed by atoms with Gasteiger partial charge in [-0.25, -0.2) is 8.42 Å². The standard InChI is InChI=1S/C24H26N2O4S/c1-17-7-13-21(14-8-17)31(28,29)26-23-6-4-5-22(18(23)2)24(27)25-16-15-19-9-11-20(30-3)12-10-19/h4-14,26H,15-16H2,1-3H3,(H,25,27). The molecule has 0 unspecified atom stereocenters. The first-order valence-corrected chi connectivity index (χ1v) is 11.4. The fraction of sp³-hybridized carbons (Fsp3) is 0.208. The van der Waals surface area contributed by atoms with Crippen molar-refractivity contribution in [2.75, 3.05) is 18.4 Å². The van der Waals surface area contributed by atoms with Crippen LogP contribution in [0, 0.1) is 13.8 Å². The Balaban J connectivity index is 1.67. The highest BCUT2D eigenvalue weighted by molar-refractivity contribution is 7.92. The summed E-state index contributed by atoms with van der Waals surface area (Å²) in [5, 5.41) is 2.90. The maximum Gasteiger partial charge on any atom is 0.261 e. The van der Waals surface area contributed by atoms with Crippen LogP contribution in [0.1, 0.15) is 27.0 Å². The molecule has 6 nitrogen and oxygen atoms in total. The average Bonchev–Trinajstić information content (AvgIpc) is 2.76. The lowest BCUT2D eigenvalue weighted by molar-refractivity contribution is 0.0953. The van der Waals surface area contributed by atoms with Gasteiger partial charge in [-0.3, -0.25) is 9.52 Å². The molecule has 31 heavy (non-hydrogen) atoms. The molecule has 0 radical (unpaired) electrons. The monoisotopic (exact) mass is 438 g/mol. The van der Waals surface area contributed by atoms with E-state index < -0.39 is 10.0 Å². The number of ether oxygens (including phenoxy) is 1. The zero-order valence-electron chi connectivity index (χ0n) is 17.8.